The Labute approximate surface area is 163 Å². The number of carbonyl (C=O) groups excluding carboxylic acids is 3. The van der Waals surface area contributed by atoms with Crippen LogP contribution in [0.1, 0.15) is 19.8 Å². The van der Waals surface area contributed by atoms with Gasteiger partial charge in [0.15, 0.2) is 0 Å². The summed E-state index contributed by atoms with van der Waals surface area (Å²) < 4.78 is 0. The van der Waals surface area contributed by atoms with Crippen molar-refractivity contribution in [2.45, 2.75) is 25.8 Å². The molecule has 1 heterocycles. The number of nitrogens with zero attached hydrogens (tertiary/aromatic N) is 2. The molecule has 0 bridgehead atoms. The Morgan fingerprint density at radius 1 is 1.04 bits per heavy atom. The first-order chi connectivity index (χ1) is 13.4. The highest BCUT2D eigenvalue weighted by Crippen LogP contribution is 2.47. The Morgan fingerprint density at radius 3 is 2.32 bits per heavy atom. The van der Waals surface area contributed by atoms with Gasteiger partial charge in [0, 0.05) is 18.2 Å². The zero-order valence-corrected chi connectivity index (χ0v) is 15.8. The second kappa shape index (κ2) is 6.78. The fourth-order valence-corrected chi connectivity index (χ4v) is 3.89. The van der Waals surface area contributed by atoms with Gasteiger partial charge in [-0.1, -0.05) is 48.5 Å². The maximum absolute atomic E-state index is 13.0. The van der Waals surface area contributed by atoms with E-state index in [0.717, 1.165) is 16.8 Å². The van der Waals surface area contributed by atoms with Crippen LogP contribution in [-0.4, -0.2) is 41.8 Å². The van der Waals surface area contributed by atoms with Gasteiger partial charge in [0.05, 0.1) is 5.69 Å². The summed E-state index contributed by atoms with van der Waals surface area (Å²) in [6.45, 7) is 2.24. The molecule has 1 saturated heterocycles. The van der Waals surface area contributed by atoms with E-state index in [1.807, 2.05) is 61.5 Å². The monoisotopic (exact) mass is 377 g/mol. The van der Waals surface area contributed by atoms with Gasteiger partial charge < -0.3 is 15.5 Å². The molecule has 6 heteroatoms. The lowest BCUT2D eigenvalue weighted by molar-refractivity contribution is -0.148. The Morgan fingerprint density at radius 2 is 1.68 bits per heavy atom. The van der Waals surface area contributed by atoms with Crippen molar-refractivity contribution in [2.75, 3.05) is 18.0 Å². The number of hydrogen-bond donors (Lipinski definition) is 1. The van der Waals surface area contributed by atoms with E-state index in [4.69, 9.17) is 5.73 Å². The molecule has 1 saturated carbocycles. The molecule has 0 unspecified atom stereocenters. The minimum Gasteiger partial charge on any atom is -0.369 e. The van der Waals surface area contributed by atoms with Crippen molar-refractivity contribution in [3.63, 3.8) is 0 Å². The first-order valence-corrected chi connectivity index (χ1v) is 9.50. The van der Waals surface area contributed by atoms with Crippen LogP contribution in [0, 0.1) is 5.41 Å². The van der Waals surface area contributed by atoms with Crippen LogP contribution in [0.15, 0.2) is 54.6 Å². The highest BCUT2D eigenvalue weighted by Gasteiger charge is 2.58. The van der Waals surface area contributed by atoms with Crippen molar-refractivity contribution in [1.82, 2.24) is 4.90 Å². The summed E-state index contributed by atoms with van der Waals surface area (Å²) in [5, 5.41) is 0. The minimum absolute atomic E-state index is 0.0435. The molecule has 144 valence electrons. The Kier molecular flexibility index (Phi) is 4.41. The van der Waals surface area contributed by atoms with Gasteiger partial charge in [-0.15, -0.1) is 0 Å². The third-order valence-corrected chi connectivity index (χ3v) is 5.76. The Bertz CT molecular complexity index is 937. The van der Waals surface area contributed by atoms with Crippen molar-refractivity contribution < 1.29 is 14.4 Å². The Hall–Kier alpha value is -3.15. The lowest BCUT2D eigenvalue weighted by atomic mass is 9.99. The average molecular weight is 377 g/mol. The molecular weight excluding hydrogens is 354 g/mol. The molecular formula is C22H23N3O3. The van der Waals surface area contributed by atoms with Crippen LogP contribution in [-0.2, 0) is 14.4 Å². The average Bonchev–Trinajstić information content (AvgIpc) is 3.52. The van der Waals surface area contributed by atoms with Crippen molar-refractivity contribution in [2.24, 2.45) is 11.1 Å². The SMILES string of the molecule is C[C@H]1CN(c2ccccc2-c2ccccc2)C(=O)CN1C(=O)C1(C(N)=O)CC1. The van der Waals surface area contributed by atoms with E-state index in [1.54, 1.807) is 4.90 Å². The van der Waals surface area contributed by atoms with E-state index in [9.17, 15) is 14.4 Å². The molecule has 1 aliphatic carbocycles. The van der Waals surface area contributed by atoms with Gasteiger partial charge in [-0.25, -0.2) is 0 Å². The number of hydrogen-bond acceptors (Lipinski definition) is 3. The van der Waals surface area contributed by atoms with Gasteiger partial charge in [-0.3, -0.25) is 14.4 Å². The van der Waals surface area contributed by atoms with Crippen LogP contribution in [0.5, 0.6) is 0 Å². The molecule has 0 radical (unpaired) electrons. The minimum atomic E-state index is -1.10. The second-order valence-electron chi connectivity index (χ2n) is 7.62. The zero-order chi connectivity index (χ0) is 19.9. The van der Waals surface area contributed by atoms with Gasteiger partial charge in [0.1, 0.15) is 12.0 Å². The number of amides is 3. The van der Waals surface area contributed by atoms with Crippen LogP contribution in [0.4, 0.5) is 5.69 Å². The number of piperazine rings is 1. The fraction of sp³-hybridized carbons (Fsp3) is 0.318. The molecule has 1 atom stereocenters. The number of carbonyl (C=O) groups is 3. The van der Waals surface area contributed by atoms with Gasteiger partial charge in [0.2, 0.25) is 17.7 Å². The summed E-state index contributed by atoms with van der Waals surface area (Å²) >= 11 is 0. The highest BCUT2D eigenvalue weighted by atomic mass is 16.2. The fourth-order valence-electron chi connectivity index (χ4n) is 3.89. The van der Waals surface area contributed by atoms with Gasteiger partial charge >= 0.3 is 0 Å². The maximum atomic E-state index is 13.0. The summed E-state index contributed by atoms with van der Waals surface area (Å²) in [6.07, 6.45) is 0.943. The summed E-state index contributed by atoms with van der Waals surface area (Å²) in [5.41, 5.74) is 7.17. The predicted molar refractivity (Wildman–Crippen MR) is 106 cm³/mol. The van der Waals surface area contributed by atoms with E-state index in [0.29, 0.717) is 19.4 Å². The number of nitrogens with two attached hydrogens (primary N) is 1. The van der Waals surface area contributed by atoms with E-state index in [2.05, 4.69) is 0 Å². The van der Waals surface area contributed by atoms with Crippen molar-refractivity contribution in [3.05, 3.63) is 54.6 Å². The molecule has 0 spiro atoms. The molecule has 2 fully saturated rings. The molecule has 2 N–H and O–H groups in total. The van der Waals surface area contributed by atoms with Crippen molar-refractivity contribution in [3.8, 4) is 11.1 Å². The topological polar surface area (TPSA) is 83.7 Å². The van der Waals surface area contributed by atoms with Crippen molar-refractivity contribution >= 4 is 23.4 Å². The van der Waals surface area contributed by atoms with Crippen molar-refractivity contribution in [1.29, 1.82) is 0 Å². The number of para-hydroxylation sites is 1. The maximum Gasteiger partial charge on any atom is 0.246 e. The lowest BCUT2D eigenvalue weighted by Crippen LogP contribution is -2.59. The van der Waals surface area contributed by atoms with Crippen LogP contribution in [0.25, 0.3) is 11.1 Å². The smallest absolute Gasteiger partial charge is 0.246 e. The summed E-state index contributed by atoms with van der Waals surface area (Å²) in [4.78, 5) is 40.8. The van der Waals surface area contributed by atoms with Crippen LogP contribution in [0.2, 0.25) is 0 Å². The Balaban J connectivity index is 1.61. The van der Waals surface area contributed by atoms with E-state index in [-0.39, 0.29) is 24.4 Å². The van der Waals surface area contributed by atoms with E-state index < -0.39 is 11.3 Å². The summed E-state index contributed by atoms with van der Waals surface area (Å²) in [6, 6.07) is 17.5. The largest absolute Gasteiger partial charge is 0.369 e. The highest BCUT2D eigenvalue weighted by molar-refractivity contribution is 6.09. The molecule has 2 aromatic carbocycles. The van der Waals surface area contributed by atoms with E-state index in [1.165, 1.54) is 4.90 Å². The van der Waals surface area contributed by atoms with Crippen LogP contribution in [0.3, 0.4) is 0 Å². The standard InChI is InChI=1S/C22H23N3O3/c1-15-13-25(18-10-6-5-9-17(18)16-7-3-2-4-8-16)19(26)14-24(15)21(28)22(11-12-22)20(23)27/h2-10,15H,11-14H2,1H3,(H2,23,27)/t15-/m0/s1. The van der Waals surface area contributed by atoms with Gasteiger partial charge in [0.25, 0.3) is 0 Å². The van der Waals surface area contributed by atoms with Crippen LogP contribution < -0.4 is 10.6 Å². The predicted octanol–water partition coefficient (Wildman–Crippen LogP) is 2.18. The van der Waals surface area contributed by atoms with Gasteiger partial charge in [-0.2, -0.15) is 0 Å². The van der Waals surface area contributed by atoms with Crippen LogP contribution >= 0.6 is 0 Å². The molecule has 1 aliphatic heterocycles. The van der Waals surface area contributed by atoms with Gasteiger partial charge in [-0.05, 0) is 31.4 Å². The first kappa shape index (κ1) is 18.2. The molecule has 0 aromatic heterocycles. The lowest BCUT2D eigenvalue weighted by Gasteiger charge is -2.41. The van der Waals surface area contributed by atoms with E-state index >= 15 is 0 Å². The zero-order valence-electron chi connectivity index (χ0n) is 15.8. The third-order valence-electron chi connectivity index (χ3n) is 5.76. The number of primary amides is 1. The molecule has 3 amide bonds. The molecule has 4 rings (SSSR count). The normalized spacial score (nSPS) is 20.8. The molecule has 28 heavy (non-hydrogen) atoms. The summed E-state index contributed by atoms with van der Waals surface area (Å²) in [7, 11) is 0. The second-order valence-corrected chi connectivity index (χ2v) is 7.62. The number of rotatable bonds is 4. The number of benzene rings is 2. The number of anilines is 1. The molecule has 2 aliphatic rings. The first-order valence-electron chi connectivity index (χ1n) is 9.50. The molecule has 6 nitrogen and oxygen atoms in total. The quantitative estimate of drug-likeness (QED) is 0.829. The molecule has 2 aromatic rings. The summed E-state index contributed by atoms with van der Waals surface area (Å²) in [5.74, 6) is -1.05. The third kappa shape index (κ3) is 2.95.